The SMILES string of the molecule is O=CC1NC(c2cc(-c3ccn4nccc4c3)ncn2)=NO1. The molecular formula is C14H10N6O2. The van der Waals surface area contributed by atoms with Crippen LogP contribution in [0.2, 0.25) is 0 Å². The molecule has 1 aliphatic rings. The maximum absolute atomic E-state index is 10.7. The molecule has 8 heteroatoms. The quantitative estimate of drug-likeness (QED) is 0.711. The molecule has 0 aliphatic carbocycles. The van der Waals surface area contributed by atoms with Crippen LogP contribution < -0.4 is 5.32 Å². The first-order chi connectivity index (χ1) is 10.8. The van der Waals surface area contributed by atoms with Crippen molar-refractivity contribution >= 4 is 17.6 Å². The molecule has 0 saturated carbocycles. The average molecular weight is 294 g/mol. The van der Waals surface area contributed by atoms with Crippen LogP contribution in [0.15, 0.2) is 48.1 Å². The van der Waals surface area contributed by atoms with Crippen molar-refractivity contribution in [1.29, 1.82) is 0 Å². The minimum absolute atomic E-state index is 0.409. The van der Waals surface area contributed by atoms with Crippen molar-refractivity contribution in [3.05, 3.63) is 48.7 Å². The molecule has 0 radical (unpaired) electrons. The third-order valence-electron chi connectivity index (χ3n) is 3.27. The number of carbonyl (C=O) groups excluding carboxylic acids is 1. The Hall–Kier alpha value is -3.29. The molecule has 4 heterocycles. The van der Waals surface area contributed by atoms with E-state index in [1.807, 2.05) is 24.4 Å². The van der Waals surface area contributed by atoms with Gasteiger partial charge in [-0.3, -0.25) is 4.79 Å². The molecule has 8 nitrogen and oxygen atoms in total. The zero-order valence-corrected chi connectivity index (χ0v) is 11.2. The third kappa shape index (κ3) is 2.06. The number of fused-ring (bicyclic) bond motifs is 1. The molecule has 3 aromatic rings. The molecule has 0 saturated heterocycles. The van der Waals surface area contributed by atoms with Gasteiger partial charge in [-0.15, -0.1) is 0 Å². The van der Waals surface area contributed by atoms with Gasteiger partial charge in [0.2, 0.25) is 0 Å². The summed E-state index contributed by atoms with van der Waals surface area (Å²) in [6, 6.07) is 7.59. The highest BCUT2D eigenvalue weighted by Gasteiger charge is 2.21. The van der Waals surface area contributed by atoms with Crippen LogP contribution >= 0.6 is 0 Å². The second-order valence-electron chi connectivity index (χ2n) is 4.65. The summed E-state index contributed by atoms with van der Waals surface area (Å²) in [5.41, 5.74) is 3.21. The Balaban J connectivity index is 1.71. The Labute approximate surface area is 124 Å². The van der Waals surface area contributed by atoms with Crippen LogP contribution in [0.25, 0.3) is 16.8 Å². The Bertz CT molecular complexity index is 888. The van der Waals surface area contributed by atoms with Crippen molar-refractivity contribution in [2.24, 2.45) is 5.16 Å². The molecule has 0 aromatic carbocycles. The summed E-state index contributed by atoms with van der Waals surface area (Å²) in [6.45, 7) is 0. The molecular weight excluding hydrogens is 284 g/mol. The van der Waals surface area contributed by atoms with Gasteiger partial charge in [-0.2, -0.15) is 5.10 Å². The number of nitrogens with zero attached hydrogens (tertiary/aromatic N) is 5. The number of hydrogen-bond donors (Lipinski definition) is 1. The molecule has 1 N–H and O–H groups in total. The molecule has 4 rings (SSSR count). The van der Waals surface area contributed by atoms with Gasteiger partial charge >= 0.3 is 0 Å². The van der Waals surface area contributed by atoms with E-state index >= 15 is 0 Å². The number of carbonyl (C=O) groups is 1. The first-order valence-corrected chi connectivity index (χ1v) is 6.55. The maximum Gasteiger partial charge on any atom is 0.254 e. The molecule has 1 unspecified atom stereocenters. The van der Waals surface area contributed by atoms with E-state index in [0.29, 0.717) is 17.8 Å². The molecule has 3 aromatic heterocycles. The average Bonchev–Trinajstić information content (AvgIpc) is 3.23. The third-order valence-corrected chi connectivity index (χ3v) is 3.27. The summed E-state index contributed by atoms with van der Waals surface area (Å²) in [5.74, 6) is 0.409. The molecule has 0 amide bonds. The van der Waals surface area contributed by atoms with E-state index in [2.05, 4.69) is 25.5 Å². The monoisotopic (exact) mass is 294 g/mol. The molecule has 0 fully saturated rings. The number of oxime groups is 1. The van der Waals surface area contributed by atoms with Crippen LogP contribution in [0.3, 0.4) is 0 Å². The number of aromatic nitrogens is 4. The van der Waals surface area contributed by atoms with Crippen LogP contribution in [0.1, 0.15) is 5.69 Å². The predicted molar refractivity (Wildman–Crippen MR) is 76.8 cm³/mol. The van der Waals surface area contributed by atoms with Gasteiger partial charge in [0.1, 0.15) is 12.0 Å². The van der Waals surface area contributed by atoms with E-state index in [9.17, 15) is 4.79 Å². The van der Waals surface area contributed by atoms with E-state index in [-0.39, 0.29) is 0 Å². The van der Waals surface area contributed by atoms with E-state index in [1.165, 1.54) is 6.33 Å². The van der Waals surface area contributed by atoms with Crippen LogP contribution in [0, 0.1) is 0 Å². The molecule has 0 bridgehead atoms. The summed E-state index contributed by atoms with van der Waals surface area (Å²) >= 11 is 0. The molecule has 22 heavy (non-hydrogen) atoms. The summed E-state index contributed by atoms with van der Waals surface area (Å²) in [7, 11) is 0. The summed E-state index contributed by atoms with van der Waals surface area (Å²) in [6.07, 6.45) is 4.91. The van der Waals surface area contributed by atoms with Gasteiger partial charge in [0.25, 0.3) is 6.23 Å². The lowest BCUT2D eigenvalue weighted by Crippen LogP contribution is -2.31. The number of hydrogen-bond acceptors (Lipinski definition) is 7. The maximum atomic E-state index is 10.7. The number of pyridine rings is 1. The summed E-state index contributed by atoms with van der Waals surface area (Å²) < 4.78 is 1.77. The highest BCUT2D eigenvalue weighted by atomic mass is 16.7. The van der Waals surface area contributed by atoms with Gasteiger partial charge in [-0.1, -0.05) is 5.16 Å². The van der Waals surface area contributed by atoms with Crippen LogP contribution in [-0.4, -0.2) is 37.9 Å². The van der Waals surface area contributed by atoms with Crippen molar-refractivity contribution in [2.45, 2.75) is 6.23 Å². The molecule has 108 valence electrons. The van der Waals surface area contributed by atoms with Gasteiger partial charge in [0, 0.05) is 18.0 Å². The lowest BCUT2D eigenvalue weighted by molar-refractivity contribution is -0.117. The van der Waals surface area contributed by atoms with Gasteiger partial charge in [0.05, 0.1) is 11.2 Å². The zero-order chi connectivity index (χ0) is 14.9. The van der Waals surface area contributed by atoms with Crippen LogP contribution in [0.5, 0.6) is 0 Å². The fourth-order valence-electron chi connectivity index (χ4n) is 2.20. The van der Waals surface area contributed by atoms with Gasteiger partial charge in [0.15, 0.2) is 12.1 Å². The molecule has 1 atom stereocenters. The topological polar surface area (TPSA) is 93.8 Å². The lowest BCUT2D eigenvalue weighted by atomic mass is 10.1. The first kappa shape index (κ1) is 12.5. The van der Waals surface area contributed by atoms with Crippen LogP contribution in [-0.2, 0) is 9.63 Å². The van der Waals surface area contributed by atoms with E-state index in [1.54, 1.807) is 16.8 Å². The fraction of sp³-hybridized carbons (Fsp3) is 0.0714. The largest absolute Gasteiger partial charge is 0.361 e. The van der Waals surface area contributed by atoms with Crippen molar-refractivity contribution in [3.8, 4) is 11.3 Å². The van der Waals surface area contributed by atoms with E-state index in [0.717, 1.165) is 16.8 Å². The Morgan fingerprint density at radius 2 is 2.14 bits per heavy atom. The van der Waals surface area contributed by atoms with E-state index < -0.39 is 6.23 Å². The van der Waals surface area contributed by atoms with Crippen molar-refractivity contribution in [1.82, 2.24) is 24.9 Å². The molecule has 0 spiro atoms. The first-order valence-electron chi connectivity index (χ1n) is 6.55. The highest BCUT2D eigenvalue weighted by molar-refractivity contribution is 5.99. The minimum Gasteiger partial charge on any atom is -0.361 e. The smallest absolute Gasteiger partial charge is 0.254 e. The van der Waals surface area contributed by atoms with Gasteiger partial charge < -0.3 is 10.2 Å². The summed E-state index contributed by atoms with van der Waals surface area (Å²) in [4.78, 5) is 24.0. The van der Waals surface area contributed by atoms with Crippen molar-refractivity contribution < 1.29 is 9.63 Å². The van der Waals surface area contributed by atoms with Crippen molar-refractivity contribution in [3.63, 3.8) is 0 Å². The Morgan fingerprint density at radius 1 is 1.23 bits per heavy atom. The second kappa shape index (κ2) is 4.92. The number of aldehydes is 1. The highest BCUT2D eigenvalue weighted by Crippen LogP contribution is 2.19. The van der Waals surface area contributed by atoms with Gasteiger partial charge in [-0.25, -0.2) is 14.5 Å². The normalized spacial score (nSPS) is 16.9. The minimum atomic E-state index is -0.767. The predicted octanol–water partition coefficient (Wildman–Crippen LogP) is 0.598. The van der Waals surface area contributed by atoms with Crippen LogP contribution in [0.4, 0.5) is 0 Å². The lowest BCUT2D eigenvalue weighted by Gasteiger charge is -2.05. The van der Waals surface area contributed by atoms with E-state index in [4.69, 9.17) is 4.84 Å². The number of amidine groups is 1. The zero-order valence-electron chi connectivity index (χ0n) is 11.2. The summed E-state index contributed by atoms with van der Waals surface area (Å²) in [5, 5.41) is 10.8. The standard InChI is InChI=1S/C14H10N6O2/c21-7-13-18-14(19-22-13)12-6-11(15-8-16-12)9-2-4-20-10(5-9)1-3-17-20/h1-8,13H,(H,18,19). The number of nitrogens with one attached hydrogen (secondary N) is 1. The van der Waals surface area contributed by atoms with Gasteiger partial charge in [-0.05, 0) is 24.3 Å². The van der Waals surface area contributed by atoms with Crippen molar-refractivity contribution in [2.75, 3.05) is 0 Å². The Kier molecular flexibility index (Phi) is 2.78. The second-order valence-corrected chi connectivity index (χ2v) is 4.65. The number of rotatable bonds is 3. The Morgan fingerprint density at radius 3 is 3.00 bits per heavy atom. The fourth-order valence-corrected chi connectivity index (χ4v) is 2.20. The molecule has 1 aliphatic heterocycles.